The average Bonchev–Trinajstić information content (AvgIpc) is 2.12. The van der Waals surface area contributed by atoms with E-state index >= 15 is 0 Å². The lowest BCUT2D eigenvalue weighted by Crippen LogP contribution is -2.43. The minimum Gasteiger partial charge on any atom is -0.395 e. The summed E-state index contributed by atoms with van der Waals surface area (Å²) in [6.45, 7) is 7.03. The summed E-state index contributed by atoms with van der Waals surface area (Å²) >= 11 is 0. The number of hydrogen-bond acceptors (Lipinski definition) is 3. The summed E-state index contributed by atoms with van der Waals surface area (Å²) in [7, 11) is 0. The highest BCUT2D eigenvalue weighted by Crippen LogP contribution is 2.00. The van der Waals surface area contributed by atoms with Crippen LogP contribution >= 0.6 is 0 Å². The summed E-state index contributed by atoms with van der Waals surface area (Å²) < 4.78 is 0. The van der Waals surface area contributed by atoms with Crippen LogP contribution in [0.3, 0.4) is 0 Å². The predicted octanol–water partition coefficient (Wildman–Crippen LogP) is 0.428. The normalized spacial score (nSPS) is 13.8. The molecular weight excluding hydrogens is 152 g/mol. The molecule has 0 saturated carbocycles. The highest BCUT2D eigenvalue weighted by atomic mass is 16.3. The highest BCUT2D eigenvalue weighted by Gasteiger charge is 2.12. The maximum atomic E-state index is 9.01. The van der Waals surface area contributed by atoms with Crippen molar-refractivity contribution in [3.05, 3.63) is 0 Å². The van der Waals surface area contributed by atoms with Crippen molar-refractivity contribution < 1.29 is 5.11 Å². The molecule has 0 saturated heterocycles. The molecule has 0 aliphatic rings. The molecule has 3 N–H and O–H groups in total. The van der Waals surface area contributed by atoms with Gasteiger partial charge in [0.25, 0.3) is 0 Å². The third-order valence-electron chi connectivity index (χ3n) is 2.20. The van der Waals surface area contributed by atoms with E-state index in [1.54, 1.807) is 0 Å². The second-order valence-electron chi connectivity index (χ2n) is 3.05. The van der Waals surface area contributed by atoms with Crippen molar-refractivity contribution in [2.75, 3.05) is 26.2 Å². The molecule has 0 spiro atoms. The lowest BCUT2D eigenvalue weighted by atomic mass is 10.2. The van der Waals surface area contributed by atoms with Crippen LogP contribution < -0.4 is 5.73 Å². The molecular formula is C9H22N2O. The van der Waals surface area contributed by atoms with Crippen molar-refractivity contribution in [1.82, 2.24) is 4.90 Å². The van der Waals surface area contributed by atoms with Gasteiger partial charge in [0.1, 0.15) is 0 Å². The third-order valence-corrected chi connectivity index (χ3v) is 2.20. The van der Waals surface area contributed by atoms with Crippen LogP contribution in [0.15, 0.2) is 0 Å². The SMILES string of the molecule is CCCCN(CC)C(CN)CO. The third kappa shape index (κ3) is 4.04. The zero-order chi connectivity index (χ0) is 9.40. The molecule has 0 bridgehead atoms. The van der Waals surface area contributed by atoms with Crippen LogP contribution in [-0.4, -0.2) is 42.3 Å². The van der Waals surface area contributed by atoms with Gasteiger partial charge in [-0.2, -0.15) is 0 Å². The Balaban J connectivity index is 3.75. The summed E-state index contributed by atoms with van der Waals surface area (Å²) in [4.78, 5) is 2.24. The van der Waals surface area contributed by atoms with Gasteiger partial charge in [0.15, 0.2) is 0 Å². The summed E-state index contributed by atoms with van der Waals surface area (Å²) in [6, 6.07) is 0.154. The minimum atomic E-state index is 0.154. The molecule has 0 radical (unpaired) electrons. The molecule has 0 aromatic rings. The molecule has 74 valence electrons. The molecule has 0 aromatic heterocycles. The van der Waals surface area contributed by atoms with Gasteiger partial charge in [-0.3, -0.25) is 4.90 Å². The van der Waals surface area contributed by atoms with Gasteiger partial charge < -0.3 is 10.8 Å². The summed E-state index contributed by atoms with van der Waals surface area (Å²) in [6.07, 6.45) is 2.38. The van der Waals surface area contributed by atoms with Gasteiger partial charge in [-0.15, -0.1) is 0 Å². The molecule has 0 fully saturated rings. The standard InChI is InChI=1S/C9H22N2O/c1-3-5-6-11(4-2)9(7-10)8-12/h9,12H,3-8,10H2,1-2H3. The molecule has 0 aromatic carbocycles. The second-order valence-corrected chi connectivity index (χ2v) is 3.05. The van der Waals surface area contributed by atoms with Gasteiger partial charge in [0, 0.05) is 12.6 Å². The molecule has 1 unspecified atom stereocenters. The van der Waals surface area contributed by atoms with E-state index in [1.807, 2.05) is 0 Å². The average molecular weight is 174 g/mol. The van der Waals surface area contributed by atoms with Gasteiger partial charge >= 0.3 is 0 Å². The van der Waals surface area contributed by atoms with Crippen LogP contribution in [-0.2, 0) is 0 Å². The summed E-state index contributed by atoms with van der Waals surface area (Å²) in [5, 5.41) is 9.01. The number of nitrogens with two attached hydrogens (primary N) is 1. The molecule has 1 atom stereocenters. The van der Waals surface area contributed by atoms with E-state index in [2.05, 4.69) is 18.7 Å². The quantitative estimate of drug-likeness (QED) is 0.588. The van der Waals surface area contributed by atoms with E-state index < -0.39 is 0 Å². The van der Waals surface area contributed by atoms with E-state index in [4.69, 9.17) is 10.8 Å². The van der Waals surface area contributed by atoms with Crippen molar-refractivity contribution in [3.63, 3.8) is 0 Å². The Morgan fingerprint density at radius 2 is 2.08 bits per heavy atom. The molecule has 12 heavy (non-hydrogen) atoms. The first kappa shape index (κ1) is 11.9. The van der Waals surface area contributed by atoms with Crippen molar-refractivity contribution in [1.29, 1.82) is 0 Å². The van der Waals surface area contributed by atoms with Crippen LogP contribution in [0.2, 0.25) is 0 Å². The number of aliphatic hydroxyl groups is 1. The van der Waals surface area contributed by atoms with E-state index in [1.165, 1.54) is 12.8 Å². The van der Waals surface area contributed by atoms with Crippen LogP contribution in [0.1, 0.15) is 26.7 Å². The lowest BCUT2D eigenvalue weighted by Gasteiger charge is -2.27. The number of nitrogens with zero attached hydrogens (tertiary/aromatic N) is 1. The van der Waals surface area contributed by atoms with Crippen LogP contribution in [0.4, 0.5) is 0 Å². The zero-order valence-electron chi connectivity index (χ0n) is 8.29. The Morgan fingerprint density at radius 1 is 1.42 bits per heavy atom. The first-order chi connectivity index (χ1) is 5.79. The van der Waals surface area contributed by atoms with E-state index in [-0.39, 0.29) is 12.6 Å². The lowest BCUT2D eigenvalue weighted by molar-refractivity contribution is 0.131. The first-order valence-electron chi connectivity index (χ1n) is 4.85. The summed E-state index contributed by atoms with van der Waals surface area (Å²) in [5.41, 5.74) is 5.53. The molecule has 3 nitrogen and oxygen atoms in total. The first-order valence-corrected chi connectivity index (χ1v) is 4.85. The van der Waals surface area contributed by atoms with Gasteiger partial charge in [0.05, 0.1) is 6.61 Å². The molecule has 0 rings (SSSR count). The van der Waals surface area contributed by atoms with Crippen LogP contribution in [0.5, 0.6) is 0 Å². The Hall–Kier alpha value is -0.120. The fourth-order valence-corrected chi connectivity index (χ4v) is 1.30. The molecule has 3 heteroatoms. The number of likely N-dealkylation sites (N-methyl/N-ethyl adjacent to an activating group) is 1. The maximum Gasteiger partial charge on any atom is 0.0599 e. The number of rotatable bonds is 7. The Labute approximate surface area is 75.6 Å². The van der Waals surface area contributed by atoms with E-state index in [0.717, 1.165) is 13.1 Å². The van der Waals surface area contributed by atoms with Gasteiger partial charge in [-0.25, -0.2) is 0 Å². The van der Waals surface area contributed by atoms with Gasteiger partial charge in [-0.1, -0.05) is 20.3 Å². The monoisotopic (exact) mass is 174 g/mol. The molecule has 0 aliphatic heterocycles. The number of hydrogen-bond donors (Lipinski definition) is 2. The molecule has 0 aliphatic carbocycles. The smallest absolute Gasteiger partial charge is 0.0599 e. The number of unbranched alkanes of at least 4 members (excludes halogenated alkanes) is 1. The van der Waals surface area contributed by atoms with Gasteiger partial charge in [-0.05, 0) is 19.5 Å². The Bertz CT molecular complexity index is 94.5. The number of aliphatic hydroxyl groups excluding tert-OH is 1. The second kappa shape index (κ2) is 7.53. The predicted molar refractivity (Wildman–Crippen MR) is 52.1 cm³/mol. The zero-order valence-corrected chi connectivity index (χ0v) is 8.29. The van der Waals surface area contributed by atoms with E-state index in [0.29, 0.717) is 6.54 Å². The Kier molecular flexibility index (Phi) is 7.45. The topological polar surface area (TPSA) is 49.5 Å². The maximum absolute atomic E-state index is 9.01. The minimum absolute atomic E-state index is 0.154. The van der Waals surface area contributed by atoms with Crippen molar-refractivity contribution in [2.24, 2.45) is 5.73 Å². The van der Waals surface area contributed by atoms with Gasteiger partial charge in [0.2, 0.25) is 0 Å². The van der Waals surface area contributed by atoms with Crippen molar-refractivity contribution in [3.8, 4) is 0 Å². The molecule has 0 amide bonds. The van der Waals surface area contributed by atoms with Crippen molar-refractivity contribution >= 4 is 0 Å². The highest BCUT2D eigenvalue weighted by molar-refractivity contribution is 4.70. The van der Waals surface area contributed by atoms with Crippen molar-refractivity contribution in [2.45, 2.75) is 32.7 Å². The fraction of sp³-hybridized carbons (Fsp3) is 1.00. The molecule has 0 heterocycles. The Morgan fingerprint density at radius 3 is 2.42 bits per heavy atom. The fourth-order valence-electron chi connectivity index (χ4n) is 1.30. The summed E-state index contributed by atoms with van der Waals surface area (Å²) in [5.74, 6) is 0. The van der Waals surface area contributed by atoms with Crippen LogP contribution in [0.25, 0.3) is 0 Å². The van der Waals surface area contributed by atoms with Crippen LogP contribution in [0, 0.1) is 0 Å². The largest absolute Gasteiger partial charge is 0.395 e. The van der Waals surface area contributed by atoms with E-state index in [9.17, 15) is 0 Å².